The molecule has 1 amide bonds. The number of likely N-dealkylation sites (tertiary alicyclic amines) is 1. The molecule has 0 aromatic carbocycles. The summed E-state index contributed by atoms with van der Waals surface area (Å²) in [6, 6.07) is 2.09. The second-order valence-electron chi connectivity index (χ2n) is 4.30. The predicted octanol–water partition coefficient (Wildman–Crippen LogP) is -0.315. The summed E-state index contributed by atoms with van der Waals surface area (Å²) >= 11 is 0. The van der Waals surface area contributed by atoms with Crippen LogP contribution in [-0.4, -0.2) is 43.5 Å². The molecule has 0 radical (unpaired) electrons. The van der Waals surface area contributed by atoms with Gasteiger partial charge in [0.2, 0.25) is 5.91 Å². The maximum Gasteiger partial charge on any atom is 0.221 e. The first kappa shape index (κ1) is 12.9. The third-order valence-corrected chi connectivity index (χ3v) is 3.15. The number of nitrogens with one attached hydrogen (secondary N) is 1. The molecule has 1 heterocycles. The summed E-state index contributed by atoms with van der Waals surface area (Å²) < 4.78 is 0. The lowest BCUT2D eigenvalue weighted by Gasteiger charge is -2.31. The van der Waals surface area contributed by atoms with Gasteiger partial charge in [-0.2, -0.15) is 5.26 Å². The van der Waals surface area contributed by atoms with Gasteiger partial charge in [0.05, 0.1) is 18.0 Å². The van der Waals surface area contributed by atoms with Gasteiger partial charge >= 0.3 is 0 Å². The number of rotatable bonds is 5. The van der Waals surface area contributed by atoms with Gasteiger partial charge in [-0.1, -0.05) is 0 Å². The van der Waals surface area contributed by atoms with Gasteiger partial charge in [-0.05, 0) is 32.9 Å². The van der Waals surface area contributed by atoms with E-state index >= 15 is 0 Å². The van der Waals surface area contributed by atoms with Crippen molar-refractivity contribution in [1.82, 2.24) is 10.2 Å². The summed E-state index contributed by atoms with van der Waals surface area (Å²) in [5.41, 5.74) is 5.31. The fourth-order valence-electron chi connectivity index (χ4n) is 2.08. The molecule has 0 spiro atoms. The number of piperidine rings is 1. The van der Waals surface area contributed by atoms with Crippen LogP contribution in [0.1, 0.15) is 19.3 Å². The van der Waals surface area contributed by atoms with E-state index in [0.29, 0.717) is 0 Å². The lowest BCUT2D eigenvalue weighted by molar-refractivity contribution is -0.123. The van der Waals surface area contributed by atoms with Crippen molar-refractivity contribution in [3.8, 4) is 6.07 Å². The Morgan fingerprint density at radius 3 is 3.06 bits per heavy atom. The first-order valence-corrected chi connectivity index (χ1v) is 5.76. The molecule has 0 aliphatic carbocycles. The molecule has 0 bridgehead atoms. The van der Waals surface area contributed by atoms with E-state index in [1.165, 1.54) is 0 Å². The summed E-state index contributed by atoms with van der Waals surface area (Å²) in [6.45, 7) is 2.60. The number of amides is 1. The molecule has 0 aromatic rings. The lowest BCUT2D eigenvalue weighted by atomic mass is 9.97. The monoisotopic (exact) mass is 224 g/mol. The van der Waals surface area contributed by atoms with Gasteiger partial charge in [-0.15, -0.1) is 0 Å². The van der Waals surface area contributed by atoms with E-state index in [9.17, 15) is 4.79 Å². The van der Waals surface area contributed by atoms with E-state index in [2.05, 4.69) is 16.3 Å². The molecule has 1 aliphatic heterocycles. The van der Waals surface area contributed by atoms with E-state index in [1.807, 2.05) is 0 Å². The van der Waals surface area contributed by atoms with E-state index in [-0.39, 0.29) is 17.9 Å². The maximum absolute atomic E-state index is 11.1. The first-order chi connectivity index (χ1) is 7.67. The summed E-state index contributed by atoms with van der Waals surface area (Å²) in [6.07, 6.45) is 2.71. The molecule has 16 heavy (non-hydrogen) atoms. The minimum atomic E-state index is -0.199. The van der Waals surface area contributed by atoms with Crippen molar-refractivity contribution in [2.24, 2.45) is 11.7 Å². The Morgan fingerprint density at radius 2 is 2.50 bits per heavy atom. The van der Waals surface area contributed by atoms with Crippen LogP contribution >= 0.6 is 0 Å². The van der Waals surface area contributed by atoms with E-state index < -0.39 is 0 Å². The smallest absolute Gasteiger partial charge is 0.221 e. The zero-order valence-electron chi connectivity index (χ0n) is 9.78. The summed E-state index contributed by atoms with van der Waals surface area (Å²) in [5, 5.41) is 11.7. The van der Waals surface area contributed by atoms with Gasteiger partial charge in [-0.25, -0.2) is 0 Å². The molecule has 90 valence electrons. The second kappa shape index (κ2) is 6.46. The Kier molecular flexibility index (Phi) is 5.23. The Bertz CT molecular complexity index is 274. The Morgan fingerprint density at radius 1 is 1.75 bits per heavy atom. The van der Waals surface area contributed by atoms with Crippen LogP contribution in [0.4, 0.5) is 0 Å². The quantitative estimate of drug-likeness (QED) is 0.671. The van der Waals surface area contributed by atoms with Crippen LogP contribution in [0.5, 0.6) is 0 Å². The average Bonchev–Trinajstić information content (AvgIpc) is 2.31. The zero-order chi connectivity index (χ0) is 12.0. The Labute approximate surface area is 96.6 Å². The van der Waals surface area contributed by atoms with E-state index in [0.717, 1.165) is 38.9 Å². The average molecular weight is 224 g/mol. The first-order valence-electron chi connectivity index (χ1n) is 5.76. The van der Waals surface area contributed by atoms with Crippen LogP contribution in [0, 0.1) is 17.2 Å². The van der Waals surface area contributed by atoms with Gasteiger partial charge in [0.15, 0.2) is 0 Å². The van der Waals surface area contributed by atoms with Gasteiger partial charge in [0, 0.05) is 13.1 Å². The Hall–Kier alpha value is -1.12. The summed E-state index contributed by atoms with van der Waals surface area (Å²) in [4.78, 5) is 13.3. The van der Waals surface area contributed by atoms with E-state index in [1.54, 1.807) is 7.05 Å². The third kappa shape index (κ3) is 3.80. The molecule has 0 aromatic heterocycles. The zero-order valence-corrected chi connectivity index (χ0v) is 9.78. The molecule has 1 aliphatic rings. The summed E-state index contributed by atoms with van der Waals surface area (Å²) in [7, 11) is 1.79. The number of carbonyl (C=O) groups excluding carboxylic acids is 1. The highest BCUT2D eigenvalue weighted by Gasteiger charge is 2.23. The van der Waals surface area contributed by atoms with Crippen molar-refractivity contribution in [3.63, 3.8) is 0 Å². The van der Waals surface area contributed by atoms with Crippen molar-refractivity contribution >= 4 is 5.91 Å². The number of carbonyl (C=O) groups is 1. The molecule has 0 saturated carbocycles. The molecule has 1 saturated heterocycles. The minimum Gasteiger partial charge on any atom is -0.369 e. The molecule has 5 nitrogen and oxygen atoms in total. The van der Waals surface area contributed by atoms with Gasteiger partial charge < -0.3 is 16.0 Å². The fourth-order valence-corrected chi connectivity index (χ4v) is 2.08. The van der Waals surface area contributed by atoms with Crippen molar-refractivity contribution in [2.75, 3.05) is 26.7 Å². The Balaban J connectivity index is 2.32. The molecule has 3 N–H and O–H groups in total. The lowest BCUT2D eigenvalue weighted by Crippen LogP contribution is -2.42. The van der Waals surface area contributed by atoms with Crippen LogP contribution in [0.15, 0.2) is 0 Å². The molecular formula is C11H20N4O. The molecule has 1 rings (SSSR count). The molecule has 2 unspecified atom stereocenters. The van der Waals surface area contributed by atoms with Crippen LogP contribution in [0.25, 0.3) is 0 Å². The predicted molar refractivity (Wildman–Crippen MR) is 61.4 cm³/mol. The van der Waals surface area contributed by atoms with E-state index in [4.69, 9.17) is 11.0 Å². The standard InChI is InChI=1S/C11H20N4O/c1-14-10(7-12)4-6-15-5-2-3-9(8-15)11(13)16/h9-10,14H,2-6,8H2,1H3,(H2,13,16). The van der Waals surface area contributed by atoms with Gasteiger partial charge in [-0.3, -0.25) is 4.79 Å². The van der Waals surface area contributed by atoms with Crippen LogP contribution < -0.4 is 11.1 Å². The SMILES string of the molecule is CNC(C#N)CCN1CCCC(C(N)=O)C1. The van der Waals surface area contributed by atoms with Gasteiger partial charge in [0.1, 0.15) is 0 Å². The molecule has 1 fully saturated rings. The second-order valence-corrected chi connectivity index (χ2v) is 4.30. The number of primary amides is 1. The van der Waals surface area contributed by atoms with Crippen molar-refractivity contribution in [1.29, 1.82) is 5.26 Å². The maximum atomic E-state index is 11.1. The van der Waals surface area contributed by atoms with Gasteiger partial charge in [0.25, 0.3) is 0 Å². The normalized spacial score (nSPS) is 23.6. The molecular weight excluding hydrogens is 204 g/mol. The molecule has 5 heteroatoms. The highest BCUT2D eigenvalue weighted by molar-refractivity contribution is 5.76. The highest BCUT2D eigenvalue weighted by Crippen LogP contribution is 2.16. The van der Waals surface area contributed by atoms with Crippen LogP contribution in [0.2, 0.25) is 0 Å². The highest BCUT2D eigenvalue weighted by atomic mass is 16.1. The van der Waals surface area contributed by atoms with Crippen molar-refractivity contribution in [3.05, 3.63) is 0 Å². The van der Waals surface area contributed by atoms with Crippen LogP contribution in [-0.2, 0) is 4.79 Å². The van der Waals surface area contributed by atoms with Crippen molar-refractivity contribution < 1.29 is 4.79 Å². The molecule has 2 atom stereocenters. The third-order valence-electron chi connectivity index (χ3n) is 3.15. The topological polar surface area (TPSA) is 82.2 Å². The number of hydrogen-bond acceptors (Lipinski definition) is 4. The number of nitrogens with zero attached hydrogens (tertiary/aromatic N) is 2. The largest absolute Gasteiger partial charge is 0.369 e. The minimum absolute atomic E-state index is 0.0103. The number of nitrogens with two attached hydrogens (primary N) is 1. The fraction of sp³-hybridized carbons (Fsp3) is 0.818. The van der Waals surface area contributed by atoms with Crippen LogP contribution in [0.3, 0.4) is 0 Å². The number of hydrogen-bond donors (Lipinski definition) is 2. The van der Waals surface area contributed by atoms with Crippen molar-refractivity contribution in [2.45, 2.75) is 25.3 Å². The summed E-state index contributed by atoms with van der Waals surface area (Å²) in [5.74, 6) is -0.209. The number of nitriles is 1.